The van der Waals surface area contributed by atoms with Crippen molar-refractivity contribution in [2.45, 2.75) is 18.6 Å². The van der Waals surface area contributed by atoms with E-state index >= 15 is 0 Å². The van der Waals surface area contributed by atoms with Crippen LogP contribution in [0.4, 0.5) is 0 Å². The third kappa shape index (κ3) is 2.52. The van der Waals surface area contributed by atoms with Crippen LogP contribution in [0, 0.1) is 0 Å². The first-order valence-electron chi connectivity index (χ1n) is 8.21. The molecule has 0 atom stereocenters. The summed E-state index contributed by atoms with van der Waals surface area (Å²) in [4.78, 5) is 19.3. The van der Waals surface area contributed by atoms with Gasteiger partial charge in [0.15, 0.2) is 11.5 Å². The molecule has 0 aliphatic carbocycles. The number of amides is 1. The number of ether oxygens (including phenoxy) is 3. The molecular weight excluding hydrogens is 308 g/mol. The first kappa shape index (κ1) is 15.4. The van der Waals surface area contributed by atoms with Gasteiger partial charge < -0.3 is 19.1 Å². The molecule has 0 radical (unpaired) electrons. The van der Waals surface area contributed by atoms with E-state index in [1.165, 1.54) is 0 Å². The molecule has 1 spiro atoms. The van der Waals surface area contributed by atoms with Gasteiger partial charge in [0.05, 0.1) is 37.6 Å². The van der Waals surface area contributed by atoms with Crippen LogP contribution in [0.5, 0.6) is 5.75 Å². The Hall–Kier alpha value is -2.18. The SMILES string of the molecule is COc1cnc2ccccc2c1C(=O)N1CCC2(CC1)OCCO2. The third-order valence-corrected chi connectivity index (χ3v) is 4.80. The van der Waals surface area contributed by atoms with E-state index in [0.29, 0.717) is 50.5 Å². The molecule has 6 heteroatoms. The van der Waals surface area contributed by atoms with Crippen LogP contribution in [-0.4, -0.2) is 55.0 Å². The number of carbonyl (C=O) groups excluding carboxylic acids is 1. The van der Waals surface area contributed by atoms with Crippen molar-refractivity contribution in [2.24, 2.45) is 0 Å². The number of carbonyl (C=O) groups is 1. The second kappa shape index (κ2) is 6.03. The normalized spacial score (nSPS) is 19.8. The van der Waals surface area contributed by atoms with E-state index in [2.05, 4.69) is 4.98 Å². The van der Waals surface area contributed by atoms with Crippen molar-refractivity contribution in [3.63, 3.8) is 0 Å². The van der Waals surface area contributed by atoms with Gasteiger partial charge in [-0.2, -0.15) is 0 Å². The number of likely N-dealkylation sites (tertiary alicyclic amines) is 1. The van der Waals surface area contributed by atoms with Crippen LogP contribution in [0.15, 0.2) is 30.5 Å². The molecule has 0 N–H and O–H groups in total. The Kier molecular flexibility index (Phi) is 3.86. The van der Waals surface area contributed by atoms with Crippen LogP contribution in [0.3, 0.4) is 0 Å². The van der Waals surface area contributed by atoms with Crippen molar-refractivity contribution in [1.82, 2.24) is 9.88 Å². The molecule has 2 saturated heterocycles. The van der Waals surface area contributed by atoms with Crippen molar-refractivity contribution in [1.29, 1.82) is 0 Å². The van der Waals surface area contributed by atoms with E-state index in [9.17, 15) is 4.79 Å². The molecule has 2 aromatic rings. The molecule has 4 rings (SSSR count). The Balaban J connectivity index is 1.64. The highest BCUT2D eigenvalue weighted by atomic mass is 16.7. The van der Waals surface area contributed by atoms with Gasteiger partial charge in [0.1, 0.15) is 0 Å². The maximum absolute atomic E-state index is 13.1. The summed E-state index contributed by atoms with van der Waals surface area (Å²) in [6, 6.07) is 7.63. The Labute approximate surface area is 140 Å². The monoisotopic (exact) mass is 328 g/mol. The van der Waals surface area contributed by atoms with Gasteiger partial charge in [-0.3, -0.25) is 9.78 Å². The van der Waals surface area contributed by atoms with Crippen molar-refractivity contribution in [3.05, 3.63) is 36.0 Å². The van der Waals surface area contributed by atoms with Gasteiger partial charge in [0, 0.05) is 31.3 Å². The van der Waals surface area contributed by atoms with Crippen LogP contribution >= 0.6 is 0 Å². The van der Waals surface area contributed by atoms with Gasteiger partial charge in [-0.15, -0.1) is 0 Å². The Morgan fingerprint density at radius 3 is 2.62 bits per heavy atom. The highest BCUT2D eigenvalue weighted by molar-refractivity contribution is 6.08. The topological polar surface area (TPSA) is 60.9 Å². The summed E-state index contributed by atoms with van der Waals surface area (Å²) in [7, 11) is 1.56. The van der Waals surface area contributed by atoms with Crippen LogP contribution in [0.2, 0.25) is 0 Å². The fourth-order valence-electron chi connectivity index (χ4n) is 3.49. The second-order valence-corrected chi connectivity index (χ2v) is 6.12. The van der Waals surface area contributed by atoms with Crippen molar-refractivity contribution in [2.75, 3.05) is 33.4 Å². The maximum atomic E-state index is 13.1. The Bertz CT molecular complexity index is 761. The summed E-state index contributed by atoms with van der Waals surface area (Å²) in [6.07, 6.45) is 3.01. The number of para-hydroxylation sites is 1. The number of nitrogens with zero attached hydrogens (tertiary/aromatic N) is 2. The number of aromatic nitrogens is 1. The molecule has 3 heterocycles. The van der Waals surface area contributed by atoms with Crippen molar-refractivity contribution in [3.8, 4) is 5.75 Å². The number of pyridine rings is 1. The standard InChI is InChI=1S/C18H20N2O4/c1-22-15-12-19-14-5-3-2-4-13(14)16(15)17(21)20-8-6-18(7-9-20)23-10-11-24-18/h2-5,12H,6-11H2,1H3. The summed E-state index contributed by atoms with van der Waals surface area (Å²) in [5, 5.41) is 0.815. The summed E-state index contributed by atoms with van der Waals surface area (Å²) in [5.74, 6) is -0.00749. The molecule has 1 aromatic carbocycles. The van der Waals surface area contributed by atoms with E-state index in [-0.39, 0.29) is 5.91 Å². The molecule has 24 heavy (non-hydrogen) atoms. The lowest BCUT2D eigenvalue weighted by atomic mass is 10.0. The smallest absolute Gasteiger partial charge is 0.258 e. The van der Waals surface area contributed by atoms with Crippen LogP contribution in [-0.2, 0) is 9.47 Å². The number of piperidine rings is 1. The number of methoxy groups -OCH3 is 1. The van der Waals surface area contributed by atoms with Gasteiger partial charge in [0.2, 0.25) is 0 Å². The highest BCUT2D eigenvalue weighted by Crippen LogP contribution is 2.33. The Morgan fingerprint density at radius 2 is 1.92 bits per heavy atom. The zero-order valence-corrected chi connectivity index (χ0v) is 13.7. The lowest BCUT2D eigenvalue weighted by Crippen LogP contribution is -2.47. The number of fused-ring (bicyclic) bond motifs is 1. The van der Waals surface area contributed by atoms with Crippen LogP contribution in [0.25, 0.3) is 10.9 Å². The second-order valence-electron chi connectivity index (χ2n) is 6.12. The summed E-state index contributed by atoms with van der Waals surface area (Å²) in [5.41, 5.74) is 1.37. The minimum absolute atomic E-state index is 0.0294. The van der Waals surface area contributed by atoms with Crippen molar-refractivity contribution >= 4 is 16.8 Å². The molecule has 1 aromatic heterocycles. The fourth-order valence-corrected chi connectivity index (χ4v) is 3.49. The predicted molar refractivity (Wildman–Crippen MR) is 88.1 cm³/mol. The lowest BCUT2D eigenvalue weighted by molar-refractivity contribution is -0.181. The number of hydrogen-bond donors (Lipinski definition) is 0. The first-order chi connectivity index (χ1) is 11.7. The van der Waals surface area contributed by atoms with Gasteiger partial charge in [-0.1, -0.05) is 18.2 Å². The predicted octanol–water partition coefficient (Wildman–Crippen LogP) is 2.22. The molecule has 2 aliphatic heterocycles. The molecular formula is C18H20N2O4. The highest BCUT2D eigenvalue weighted by Gasteiger charge is 2.41. The molecule has 0 saturated carbocycles. The van der Waals surface area contributed by atoms with Crippen LogP contribution in [0.1, 0.15) is 23.2 Å². The van der Waals surface area contributed by atoms with Gasteiger partial charge in [0.25, 0.3) is 5.91 Å². The van der Waals surface area contributed by atoms with E-state index in [0.717, 1.165) is 10.9 Å². The molecule has 6 nitrogen and oxygen atoms in total. The summed E-state index contributed by atoms with van der Waals surface area (Å²) >= 11 is 0. The van der Waals surface area contributed by atoms with E-state index in [1.807, 2.05) is 29.2 Å². The maximum Gasteiger partial charge on any atom is 0.258 e. The van der Waals surface area contributed by atoms with Crippen LogP contribution < -0.4 is 4.74 Å². The van der Waals surface area contributed by atoms with E-state index < -0.39 is 5.79 Å². The fraction of sp³-hybridized carbons (Fsp3) is 0.444. The minimum Gasteiger partial charge on any atom is -0.494 e. The minimum atomic E-state index is -0.485. The van der Waals surface area contributed by atoms with E-state index in [4.69, 9.17) is 14.2 Å². The molecule has 2 aliphatic rings. The molecule has 1 amide bonds. The van der Waals surface area contributed by atoms with Crippen molar-refractivity contribution < 1.29 is 19.0 Å². The third-order valence-electron chi connectivity index (χ3n) is 4.80. The largest absolute Gasteiger partial charge is 0.494 e. The summed E-state index contributed by atoms with van der Waals surface area (Å²) in [6.45, 7) is 2.49. The first-order valence-corrected chi connectivity index (χ1v) is 8.21. The molecule has 126 valence electrons. The molecule has 2 fully saturated rings. The van der Waals surface area contributed by atoms with E-state index in [1.54, 1.807) is 13.3 Å². The quantitative estimate of drug-likeness (QED) is 0.846. The molecule has 0 bridgehead atoms. The summed E-state index contributed by atoms with van der Waals surface area (Å²) < 4.78 is 16.9. The average molecular weight is 328 g/mol. The average Bonchev–Trinajstić information content (AvgIpc) is 3.08. The Morgan fingerprint density at radius 1 is 1.21 bits per heavy atom. The zero-order chi connectivity index (χ0) is 16.6. The lowest BCUT2D eigenvalue weighted by Gasteiger charge is -2.37. The van der Waals surface area contributed by atoms with Gasteiger partial charge >= 0.3 is 0 Å². The molecule has 0 unspecified atom stereocenters. The number of hydrogen-bond acceptors (Lipinski definition) is 5. The van der Waals surface area contributed by atoms with Gasteiger partial charge in [-0.05, 0) is 6.07 Å². The number of rotatable bonds is 2. The zero-order valence-electron chi connectivity index (χ0n) is 13.7. The van der Waals surface area contributed by atoms with Gasteiger partial charge in [-0.25, -0.2) is 0 Å². The number of benzene rings is 1.